The van der Waals surface area contributed by atoms with Crippen molar-refractivity contribution in [3.63, 3.8) is 0 Å². The van der Waals surface area contributed by atoms with E-state index in [1.807, 2.05) is 12.1 Å². The van der Waals surface area contributed by atoms with Gasteiger partial charge in [-0.1, -0.05) is 13.8 Å². The molecule has 1 atom stereocenters. The highest BCUT2D eigenvalue weighted by Crippen LogP contribution is 2.17. The SMILES string of the molecule is CC(C)C(CO)NCc1ccc(CC(=O)O)s1. The second-order valence-electron chi connectivity index (χ2n) is 4.35. The summed E-state index contributed by atoms with van der Waals surface area (Å²) < 4.78 is 0. The Kier molecular flexibility index (Phi) is 5.61. The van der Waals surface area contributed by atoms with Gasteiger partial charge in [-0.3, -0.25) is 4.79 Å². The van der Waals surface area contributed by atoms with Crippen LogP contribution in [0.1, 0.15) is 23.6 Å². The molecule has 0 aliphatic carbocycles. The topological polar surface area (TPSA) is 69.6 Å². The van der Waals surface area contributed by atoms with Gasteiger partial charge in [0, 0.05) is 22.3 Å². The Morgan fingerprint density at radius 1 is 1.41 bits per heavy atom. The smallest absolute Gasteiger partial charge is 0.308 e. The maximum Gasteiger partial charge on any atom is 0.308 e. The van der Waals surface area contributed by atoms with Crippen LogP contribution in [0.2, 0.25) is 0 Å². The van der Waals surface area contributed by atoms with E-state index in [1.54, 1.807) is 0 Å². The van der Waals surface area contributed by atoms with Gasteiger partial charge in [-0.05, 0) is 18.1 Å². The average molecular weight is 257 g/mol. The number of hydrogen-bond acceptors (Lipinski definition) is 4. The number of rotatable bonds is 7. The van der Waals surface area contributed by atoms with Gasteiger partial charge in [0.25, 0.3) is 0 Å². The number of carbonyl (C=O) groups is 1. The molecule has 1 rings (SSSR count). The maximum absolute atomic E-state index is 10.5. The molecule has 0 aromatic carbocycles. The number of carboxylic acid groups (broad SMARTS) is 1. The van der Waals surface area contributed by atoms with Crippen molar-refractivity contribution >= 4 is 17.3 Å². The van der Waals surface area contributed by atoms with Crippen LogP contribution in [0.15, 0.2) is 12.1 Å². The Morgan fingerprint density at radius 2 is 2.06 bits per heavy atom. The van der Waals surface area contributed by atoms with E-state index in [-0.39, 0.29) is 19.1 Å². The second kappa shape index (κ2) is 6.74. The van der Waals surface area contributed by atoms with E-state index in [0.29, 0.717) is 12.5 Å². The Labute approximate surface area is 105 Å². The molecule has 1 unspecified atom stereocenters. The molecule has 0 radical (unpaired) electrons. The molecule has 0 saturated heterocycles. The minimum absolute atomic E-state index is 0.0816. The van der Waals surface area contributed by atoms with Crippen LogP contribution in [-0.4, -0.2) is 28.8 Å². The zero-order valence-electron chi connectivity index (χ0n) is 10.1. The largest absolute Gasteiger partial charge is 0.481 e. The minimum Gasteiger partial charge on any atom is -0.481 e. The fourth-order valence-electron chi connectivity index (χ4n) is 1.50. The third kappa shape index (κ3) is 4.85. The molecule has 1 aromatic rings. The zero-order valence-corrected chi connectivity index (χ0v) is 11.0. The molecule has 0 amide bonds. The van der Waals surface area contributed by atoms with E-state index in [4.69, 9.17) is 10.2 Å². The monoisotopic (exact) mass is 257 g/mol. The summed E-state index contributed by atoms with van der Waals surface area (Å²) in [6.07, 6.45) is 0.0816. The summed E-state index contributed by atoms with van der Waals surface area (Å²) in [7, 11) is 0. The fraction of sp³-hybridized carbons (Fsp3) is 0.583. The Bertz CT molecular complexity index is 362. The molecule has 0 saturated carbocycles. The van der Waals surface area contributed by atoms with Crippen LogP contribution in [0.3, 0.4) is 0 Å². The van der Waals surface area contributed by atoms with E-state index in [0.717, 1.165) is 9.75 Å². The van der Waals surface area contributed by atoms with Crippen molar-refractivity contribution in [2.45, 2.75) is 32.9 Å². The normalized spacial score (nSPS) is 12.9. The molecular formula is C12H19NO3S. The molecule has 0 aliphatic rings. The van der Waals surface area contributed by atoms with E-state index in [9.17, 15) is 4.79 Å². The molecule has 1 heterocycles. The fourth-order valence-corrected chi connectivity index (χ4v) is 2.46. The van der Waals surface area contributed by atoms with Gasteiger partial charge in [0.15, 0.2) is 0 Å². The highest BCUT2D eigenvalue weighted by Gasteiger charge is 2.12. The van der Waals surface area contributed by atoms with Gasteiger partial charge in [-0.2, -0.15) is 0 Å². The Morgan fingerprint density at radius 3 is 2.59 bits per heavy atom. The number of aliphatic hydroxyl groups is 1. The van der Waals surface area contributed by atoms with Crippen molar-refractivity contribution in [3.05, 3.63) is 21.9 Å². The quantitative estimate of drug-likeness (QED) is 0.692. The van der Waals surface area contributed by atoms with Crippen LogP contribution in [0.4, 0.5) is 0 Å². The Balaban J connectivity index is 2.46. The molecule has 0 aliphatic heterocycles. The van der Waals surface area contributed by atoms with Gasteiger partial charge in [0.05, 0.1) is 13.0 Å². The van der Waals surface area contributed by atoms with Crippen molar-refractivity contribution in [3.8, 4) is 0 Å². The molecular weight excluding hydrogens is 238 g/mol. The highest BCUT2D eigenvalue weighted by atomic mass is 32.1. The van der Waals surface area contributed by atoms with Gasteiger partial charge in [0.2, 0.25) is 0 Å². The number of aliphatic hydroxyl groups excluding tert-OH is 1. The van der Waals surface area contributed by atoms with Gasteiger partial charge in [-0.25, -0.2) is 0 Å². The summed E-state index contributed by atoms with van der Waals surface area (Å²) in [5, 5.41) is 21.1. The van der Waals surface area contributed by atoms with E-state index >= 15 is 0 Å². The predicted octanol–water partition coefficient (Wildman–Crippen LogP) is 1.48. The molecule has 0 spiro atoms. The molecule has 1 aromatic heterocycles. The summed E-state index contributed by atoms with van der Waals surface area (Å²) in [4.78, 5) is 12.5. The lowest BCUT2D eigenvalue weighted by Gasteiger charge is -2.19. The number of thiophene rings is 1. The lowest BCUT2D eigenvalue weighted by molar-refractivity contribution is -0.136. The maximum atomic E-state index is 10.5. The first-order valence-corrected chi connectivity index (χ1v) is 6.48. The summed E-state index contributed by atoms with van der Waals surface area (Å²) in [5.41, 5.74) is 0. The summed E-state index contributed by atoms with van der Waals surface area (Å²) in [6.45, 7) is 4.90. The van der Waals surface area contributed by atoms with Crippen molar-refractivity contribution < 1.29 is 15.0 Å². The van der Waals surface area contributed by atoms with Crippen molar-refractivity contribution in [1.82, 2.24) is 5.32 Å². The molecule has 5 heteroatoms. The molecule has 4 nitrogen and oxygen atoms in total. The van der Waals surface area contributed by atoms with Gasteiger partial charge >= 0.3 is 5.97 Å². The van der Waals surface area contributed by atoms with Crippen LogP contribution in [0, 0.1) is 5.92 Å². The van der Waals surface area contributed by atoms with Crippen molar-refractivity contribution in [2.24, 2.45) is 5.92 Å². The summed E-state index contributed by atoms with van der Waals surface area (Å²) >= 11 is 1.50. The van der Waals surface area contributed by atoms with Crippen LogP contribution in [0.5, 0.6) is 0 Å². The summed E-state index contributed by atoms with van der Waals surface area (Å²) in [5.74, 6) is -0.430. The van der Waals surface area contributed by atoms with Gasteiger partial charge in [-0.15, -0.1) is 11.3 Å². The van der Waals surface area contributed by atoms with Crippen molar-refractivity contribution in [2.75, 3.05) is 6.61 Å². The highest BCUT2D eigenvalue weighted by molar-refractivity contribution is 7.12. The van der Waals surface area contributed by atoms with E-state index < -0.39 is 5.97 Å². The van der Waals surface area contributed by atoms with Crippen LogP contribution in [0.25, 0.3) is 0 Å². The first kappa shape index (κ1) is 14.2. The molecule has 3 N–H and O–H groups in total. The average Bonchev–Trinajstić information content (AvgIpc) is 2.65. The zero-order chi connectivity index (χ0) is 12.8. The van der Waals surface area contributed by atoms with Crippen molar-refractivity contribution in [1.29, 1.82) is 0 Å². The molecule has 17 heavy (non-hydrogen) atoms. The number of aliphatic carboxylic acids is 1. The van der Waals surface area contributed by atoms with Crippen LogP contribution < -0.4 is 5.32 Å². The molecule has 0 fully saturated rings. The lowest BCUT2D eigenvalue weighted by Crippen LogP contribution is -2.36. The van der Waals surface area contributed by atoms with Gasteiger partial charge in [0.1, 0.15) is 0 Å². The lowest BCUT2D eigenvalue weighted by atomic mass is 10.1. The number of carboxylic acids is 1. The number of hydrogen-bond donors (Lipinski definition) is 3. The van der Waals surface area contributed by atoms with E-state index in [1.165, 1.54) is 11.3 Å². The molecule has 96 valence electrons. The van der Waals surface area contributed by atoms with Crippen LogP contribution >= 0.6 is 11.3 Å². The summed E-state index contributed by atoms with van der Waals surface area (Å²) in [6, 6.07) is 3.86. The van der Waals surface area contributed by atoms with Gasteiger partial charge < -0.3 is 15.5 Å². The molecule has 0 bridgehead atoms. The second-order valence-corrected chi connectivity index (χ2v) is 5.61. The standard InChI is InChI=1S/C12H19NO3S/c1-8(2)11(7-14)13-6-10-4-3-9(17-10)5-12(15)16/h3-4,8,11,13-14H,5-7H2,1-2H3,(H,15,16). The number of nitrogens with one attached hydrogen (secondary N) is 1. The van der Waals surface area contributed by atoms with Crippen LogP contribution in [-0.2, 0) is 17.8 Å². The predicted molar refractivity (Wildman–Crippen MR) is 68.2 cm³/mol. The van der Waals surface area contributed by atoms with E-state index in [2.05, 4.69) is 19.2 Å². The first-order chi connectivity index (χ1) is 8.02. The third-order valence-corrected chi connectivity index (χ3v) is 3.67. The first-order valence-electron chi connectivity index (χ1n) is 5.66. The Hall–Kier alpha value is -0.910. The third-order valence-electron chi connectivity index (χ3n) is 2.58. The minimum atomic E-state index is -0.804.